The molecule has 1 amide bonds. The fraction of sp³-hybridized carbons (Fsp3) is 0.923. The van der Waals surface area contributed by atoms with E-state index in [9.17, 15) is 9.90 Å². The van der Waals surface area contributed by atoms with Crippen LogP contribution in [0.15, 0.2) is 0 Å². The van der Waals surface area contributed by atoms with Crippen LogP contribution in [0.3, 0.4) is 0 Å². The van der Waals surface area contributed by atoms with Gasteiger partial charge in [-0.05, 0) is 39.2 Å². The van der Waals surface area contributed by atoms with Gasteiger partial charge in [-0.25, -0.2) is 0 Å². The van der Waals surface area contributed by atoms with Crippen LogP contribution in [0, 0.1) is 11.3 Å². The molecular formula is C13H24N2O2. The van der Waals surface area contributed by atoms with Crippen LogP contribution < -0.4 is 10.6 Å². The molecular weight excluding hydrogens is 216 g/mol. The summed E-state index contributed by atoms with van der Waals surface area (Å²) in [7, 11) is 0. The Bertz CT molecular complexity index is 275. The third-order valence-electron chi connectivity index (χ3n) is 4.29. The third-order valence-corrected chi connectivity index (χ3v) is 4.29. The topological polar surface area (TPSA) is 61.4 Å². The van der Waals surface area contributed by atoms with E-state index in [-0.39, 0.29) is 23.3 Å². The van der Waals surface area contributed by atoms with Crippen molar-refractivity contribution >= 4 is 5.91 Å². The molecule has 0 aromatic rings. The van der Waals surface area contributed by atoms with Gasteiger partial charge in [-0.2, -0.15) is 0 Å². The van der Waals surface area contributed by atoms with Crippen LogP contribution in [0.1, 0.15) is 39.0 Å². The second-order valence-electron chi connectivity index (χ2n) is 5.81. The highest BCUT2D eigenvalue weighted by Crippen LogP contribution is 2.27. The van der Waals surface area contributed by atoms with E-state index in [2.05, 4.69) is 10.6 Å². The highest BCUT2D eigenvalue weighted by atomic mass is 16.3. The number of rotatable bonds is 3. The standard InChI is InChI=1S/C13H24N2O2/c1-13(6-3-7-14-9-13)12(17)15-8-10-4-2-5-11(10)16/h10-11,14,16H,2-9H2,1H3,(H,15,17). The molecule has 0 bridgehead atoms. The Balaban J connectivity index is 1.80. The number of carbonyl (C=O) groups is 1. The summed E-state index contributed by atoms with van der Waals surface area (Å²) in [6, 6.07) is 0. The lowest BCUT2D eigenvalue weighted by atomic mass is 9.82. The molecule has 2 aliphatic rings. The Kier molecular flexibility index (Phi) is 4.05. The molecule has 1 aliphatic carbocycles. The predicted molar refractivity (Wildman–Crippen MR) is 66.6 cm³/mol. The zero-order valence-electron chi connectivity index (χ0n) is 10.7. The number of aliphatic hydroxyl groups is 1. The SMILES string of the molecule is CC1(C(=O)NCC2CCCC2O)CCCNC1. The van der Waals surface area contributed by atoms with Crippen LogP contribution in [0.25, 0.3) is 0 Å². The molecule has 0 aromatic heterocycles. The lowest BCUT2D eigenvalue weighted by Crippen LogP contribution is -2.49. The van der Waals surface area contributed by atoms with Crippen LogP contribution in [0.5, 0.6) is 0 Å². The van der Waals surface area contributed by atoms with Crippen molar-refractivity contribution < 1.29 is 9.90 Å². The minimum Gasteiger partial charge on any atom is -0.393 e. The second-order valence-corrected chi connectivity index (χ2v) is 5.81. The van der Waals surface area contributed by atoms with Crippen LogP contribution in [-0.2, 0) is 4.79 Å². The summed E-state index contributed by atoms with van der Waals surface area (Å²) in [4.78, 5) is 12.2. The van der Waals surface area contributed by atoms with Crippen molar-refractivity contribution in [3.05, 3.63) is 0 Å². The van der Waals surface area contributed by atoms with Crippen molar-refractivity contribution in [3.8, 4) is 0 Å². The van der Waals surface area contributed by atoms with Gasteiger partial charge in [-0.1, -0.05) is 6.42 Å². The summed E-state index contributed by atoms with van der Waals surface area (Å²) in [5, 5.41) is 16.0. The van der Waals surface area contributed by atoms with E-state index in [0.29, 0.717) is 6.54 Å². The smallest absolute Gasteiger partial charge is 0.227 e. The minimum absolute atomic E-state index is 0.142. The maximum atomic E-state index is 12.2. The molecule has 2 rings (SSSR count). The molecule has 3 atom stereocenters. The average molecular weight is 240 g/mol. The second kappa shape index (κ2) is 5.36. The number of hydrogen-bond acceptors (Lipinski definition) is 3. The van der Waals surface area contributed by atoms with E-state index < -0.39 is 0 Å². The van der Waals surface area contributed by atoms with E-state index in [1.165, 1.54) is 0 Å². The Morgan fingerprint density at radius 2 is 2.29 bits per heavy atom. The van der Waals surface area contributed by atoms with E-state index >= 15 is 0 Å². The van der Waals surface area contributed by atoms with E-state index in [0.717, 1.165) is 45.2 Å². The molecule has 0 spiro atoms. The van der Waals surface area contributed by atoms with Gasteiger partial charge < -0.3 is 15.7 Å². The highest BCUT2D eigenvalue weighted by Gasteiger charge is 2.35. The Morgan fingerprint density at radius 3 is 2.88 bits per heavy atom. The maximum absolute atomic E-state index is 12.2. The quantitative estimate of drug-likeness (QED) is 0.679. The minimum atomic E-state index is -0.262. The lowest BCUT2D eigenvalue weighted by Gasteiger charge is -2.33. The molecule has 3 unspecified atom stereocenters. The molecule has 17 heavy (non-hydrogen) atoms. The molecule has 1 heterocycles. The number of amides is 1. The molecule has 0 aromatic carbocycles. The molecule has 4 heteroatoms. The first-order valence-corrected chi connectivity index (χ1v) is 6.79. The summed E-state index contributed by atoms with van der Waals surface area (Å²) in [5.74, 6) is 0.405. The largest absolute Gasteiger partial charge is 0.393 e. The molecule has 1 saturated heterocycles. The first kappa shape index (κ1) is 12.8. The molecule has 98 valence electrons. The highest BCUT2D eigenvalue weighted by molar-refractivity contribution is 5.82. The molecule has 0 radical (unpaired) electrons. The van der Waals surface area contributed by atoms with Gasteiger partial charge in [0.15, 0.2) is 0 Å². The van der Waals surface area contributed by atoms with Crippen LogP contribution in [0.2, 0.25) is 0 Å². The normalized spacial score (nSPS) is 38.0. The van der Waals surface area contributed by atoms with Crippen molar-refractivity contribution in [3.63, 3.8) is 0 Å². The fourth-order valence-electron chi connectivity index (χ4n) is 2.94. The Labute approximate surface area is 103 Å². The molecule has 1 saturated carbocycles. The van der Waals surface area contributed by atoms with Gasteiger partial charge >= 0.3 is 0 Å². The Morgan fingerprint density at radius 1 is 1.47 bits per heavy atom. The van der Waals surface area contributed by atoms with E-state index in [1.54, 1.807) is 0 Å². The van der Waals surface area contributed by atoms with Gasteiger partial charge in [-0.3, -0.25) is 4.79 Å². The molecule has 3 N–H and O–H groups in total. The van der Waals surface area contributed by atoms with Crippen molar-refractivity contribution in [1.29, 1.82) is 0 Å². The van der Waals surface area contributed by atoms with Gasteiger partial charge in [0.05, 0.1) is 11.5 Å². The third kappa shape index (κ3) is 2.99. The zero-order chi connectivity index (χ0) is 12.3. The van der Waals surface area contributed by atoms with E-state index in [4.69, 9.17) is 0 Å². The van der Waals surface area contributed by atoms with Crippen molar-refractivity contribution in [2.45, 2.75) is 45.1 Å². The predicted octanol–water partition coefficient (Wildman–Crippen LogP) is 0.653. The summed E-state index contributed by atoms with van der Waals surface area (Å²) < 4.78 is 0. The van der Waals surface area contributed by atoms with E-state index in [1.807, 2.05) is 6.92 Å². The molecule has 2 fully saturated rings. The lowest BCUT2D eigenvalue weighted by molar-refractivity contribution is -0.131. The van der Waals surface area contributed by atoms with Gasteiger partial charge in [0.1, 0.15) is 0 Å². The summed E-state index contributed by atoms with van der Waals surface area (Å²) >= 11 is 0. The molecule has 4 nitrogen and oxygen atoms in total. The first-order valence-electron chi connectivity index (χ1n) is 6.79. The van der Waals surface area contributed by atoms with Gasteiger partial charge in [0.25, 0.3) is 0 Å². The number of nitrogens with one attached hydrogen (secondary N) is 2. The number of piperidine rings is 1. The van der Waals surface area contributed by atoms with Crippen molar-refractivity contribution in [2.24, 2.45) is 11.3 Å². The number of aliphatic hydroxyl groups excluding tert-OH is 1. The average Bonchev–Trinajstić information content (AvgIpc) is 2.73. The zero-order valence-corrected chi connectivity index (χ0v) is 10.7. The van der Waals surface area contributed by atoms with Crippen LogP contribution >= 0.6 is 0 Å². The van der Waals surface area contributed by atoms with Crippen LogP contribution in [-0.4, -0.2) is 36.8 Å². The molecule has 1 aliphatic heterocycles. The van der Waals surface area contributed by atoms with Gasteiger partial charge in [0.2, 0.25) is 5.91 Å². The number of hydrogen-bond donors (Lipinski definition) is 3. The van der Waals surface area contributed by atoms with Crippen molar-refractivity contribution in [1.82, 2.24) is 10.6 Å². The van der Waals surface area contributed by atoms with Gasteiger partial charge in [-0.15, -0.1) is 0 Å². The first-order chi connectivity index (χ1) is 8.12. The summed E-state index contributed by atoms with van der Waals surface area (Å²) in [6.07, 6.45) is 4.82. The summed E-state index contributed by atoms with van der Waals surface area (Å²) in [5.41, 5.74) is -0.262. The van der Waals surface area contributed by atoms with Gasteiger partial charge in [0, 0.05) is 19.0 Å². The Hall–Kier alpha value is -0.610. The van der Waals surface area contributed by atoms with Crippen molar-refractivity contribution in [2.75, 3.05) is 19.6 Å². The fourth-order valence-corrected chi connectivity index (χ4v) is 2.94. The monoisotopic (exact) mass is 240 g/mol. The maximum Gasteiger partial charge on any atom is 0.227 e. The number of carbonyl (C=O) groups excluding carboxylic acids is 1. The van der Waals surface area contributed by atoms with Crippen LogP contribution in [0.4, 0.5) is 0 Å². The summed E-state index contributed by atoms with van der Waals surface area (Å²) in [6.45, 7) is 4.45.